The van der Waals surface area contributed by atoms with Crippen LogP contribution in [0.25, 0.3) is 6.08 Å². The number of hydrogen-bond acceptors (Lipinski definition) is 4. The molecule has 1 rings (SSSR count). The monoisotopic (exact) mass is 208 g/mol. The third kappa shape index (κ3) is 5.46. The maximum atomic E-state index is 8.95. The molecule has 0 aromatic carbocycles. The average Bonchev–Trinajstić information content (AvgIpc) is 2.29. The van der Waals surface area contributed by atoms with E-state index in [2.05, 4.69) is 16.3 Å². The molecule has 1 heterocycles. The van der Waals surface area contributed by atoms with Gasteiger partial charge >= 0.3 is 0 Å². The van der Waals surface area contributed by atoms with Gasteiger partial charge < -0.3 is 9.64 Å². The third-order valence-electron chi connectivity index (χ3n) is 1.56. The molecule has 0 unspecified atom stereocenters. The van der Waals surface area contributed by atoms with Crippen LogP contribution < -0.4 is 4.90 Å². The lowest BCUT2D eigenvalue weighted by Crippen LogP contribution is -2.09. The summed E-state index contributed by atoms with van der Waals surface area (Å²) in [6.07, 6.45) is 3.59. The Morgan fingerprint density at radius 2 is 2.07 bits per heavy atom. The number of methoxy groups -OCH3 is 1. The highest BCUT2D eigenvalue weighted by atomic mass is 16.5. The highest BCUT2D eigenvalue weighted by Gasteiger charge is 1.93. The molecule has 0 spiro atoms. The second-order valence-electron chi connectivity index (χ2n) is 2.88. The summed E-state index contributed by atoms with van der Waals surface area (Å²) in [5.74, 6) is 0.968. The lowest BCUT2D eigenvalue weighted by Gasteiger charge is -2.09. The van der Waals surface area contributed by atoms with E-state index in [0.717, 1.165) is 11.4 Å². The van der Waals surface area contributed by atoms with Gasteiger partial charge in [0.2, 0.25) is 0 Å². The number of ether oxygens (including phenoxy) is 1. The van der Waals surface area contributed by atoms with Crippen LogP contribution >= 0.6 is 0 Å². The normalized spacial score (nSPS) is 8.20. The summed E-state index contributed by atoms with van der Waals surface area (Å²) >= 11 is 0. The van der Waals surface area contributed by atoms with Gasteiger partial charge in [0.1, 0.15) is 5.82 Å². The molecule has 0 aliphatic rings. The highest BCUT2D eigenvalue weighted by molar-refractivity contribution is 5.49. The van der Waals surface area contributed by atoms with Crippen molar-refractivity contribution in [2.24, 2.45) is 0 Å². The minimum absolute atomic E-state index is 0.375. The van der Waals surface area contributed by atoms with Gasteiger partial charge in [-0.15, -0.1) is 0 Å². The number of aromatic nitrogens is 1. The minimum atomic E-state index is 0.375. The molecule has 0 aliphatic heterocycles. The summed E-state index contributed by atoms with van der Waals surface area (Å²) in [5.41, 5.74) is 1.05. The molecule has 0 amide bonds. The number of anilines is 1. The first-order chi connectivity index (χ1) is 7.15. The quantitative estimate of drug-likeness (QED) is 0.707. The van der Waals surface area contributed by atoms with E-state index in [4.69, 9.17) is 4.79 Å². The molecule has 0 N–H and O–H groups in total. The van der Waals surface area contributed by atoms with E-state index >= 15 is 0 Å². The first-order valence-corrected chi connectivity index (χ1v) is 4.38. The number of rotatable bonds is 3. The number of carbonyl (C=O) groups excluding carboxylic acids is 1. The van der Waals surface area contributed by atoms with Gasteiger partial charge in [-0.2, -0.15) is 0 Å². The zero-order valence-corrected chi connectivity index (χ0v) is 9.30. The smallest absolute Gasteiger partial charge is 0.292 e. The average molecular weight is 208 g/mol. The summed E-state index contributed by atoms with van der Waals surface area (Å²) in [7, 11) is 5.25. The van der Waals surface area contributed by atoms with Crippen molar-refractivity contribution in [3.63, 3.8) is 0 Å². The minimum Gasteiger partial charge on any atom is -0.471 e. The molecule has 4 heteroatoms. The first kappa shape index (κ1) is 13.2. The highest BCUT2D eigenvalue weighted by Crippen LogP contribution is 2.07. The van der Waals surface area contributed by atoms with Crippen LogP contribution in [0.5, 0.6) is 0 Å². The number of pyridine rings is 1. The largest absolute Gasteiger partial charge is 0.471 e. The van der Waals surface area contributed by atoms with E-state index in [0.29, 0.717) is 6.47 Å². The third-order valence-corrected chi connectivity index (χ3v) is 1.56. The Kier molecular flexibility index (Phi) is 6.63. The van der Waals surface area contributed by atoms with Crippen molar-refractivity contribution in [3.8, 4) is 0 Å². The van der Waals surface area contributed by atoms with Crippen LogP contribution in [-0.4, -0.2) is 32.7 Å². The van der Waals surface area contributed by atoms with Gasteiger partial charge in [0.05, 0.1) is 7.11 Å². The molecule has 4 nitrogen and oxygen atoms in total. The molecular formula is C11H16N2O2. The topological polar surface area (TPSA) is 42.4 Å². The molecule has 1 aromatic heterocycles. The van der Waals surface area contributed by atoms with Crippen molar-refractivity contribution in [2.75, 3.05) is 26.1 Å². The summed E-state index contributed by atoms with van der Waals surface area (Å²) in [4.78, 5) is 15.1. The molecule has 82 valence electrons. The van der Waals surface area contributed by atoms with Gasteiger partial charge in [-0.25, -0.2) is 4.98 Å². The predicted molar refractivity (Wildman–Crippen MR) is 61.7 cm³/mol. The van der Waals surface area contributed by atoms with E-state index in [1.165, 1.54) is 7.11 Å². The summed E-state index contributed by atoms with van der Waals surface area (Å²) < 4.78 is 3.86. The van der Waals surface area contributed by atoms with Gasteiger partial charge in [-0.3, -0.25) is 4.79 Å². The van der Waals surface area contributed by atoms with Crippen LogP contribution in [0.4, 0.5) is 5.82 Å². The van der Waals surface area contributed by atoms with Gasteiger partial charge in [0, 0.05) is 20.3 Å². The first-order valence-electron chi connectivity index (χ1n) is 4.38. The van der Waals surface area contributed by atoms with Crippen molar-refractivity contribution < 1.29 is 9.53 Å². The van der Waals surface area contributed by atoms with E-state index < -0.39 is 0 Å². The molecule has 1 aromatic rings. The SMILES string of the molecule is C=Cc1ccc(N(C)C)nc1.COC=O. The van der Waals surface area contributed by atoms with E-state index in [9.17, 15) is 0 Å². The van der Waals surface area contributed by atoms with Crippen LogP contribution in [-0.2, 0) is 9.53 Å². The Balaban J connectivity index is 0.000000423. The fraction of sp³-hybridized carbons (Fsp3) is 0.273. The molecule has 0 saturated heterocycles. The van der Waals surface area contributed by atoms with E-state index in [1.807, 2.05) is 37.3 Å². The zero-order valence-electron chi connectivity index (χ0n) is 9.30. The molecule has 0 radical (unpaired) electrons. The standard InChI is InChI=1S/C9H12N2.C2H4O2/c1-4-8-5-6-9(10-7-8)11(2)3;1-4-2-3/h4-7H,1H2,2-3H3;2H,1H3. The molecule has 0 bridgehead atoms. The van der Waals surface area contributed by atoms with Crippen LogP contribution in [0.1, 0.15) is 5.56 Å². The Morgan fingerprint density at radius 3 is 2.33 bits per heavy atom. The maximum Gasteiger partial charge on any atom is 0.292 e. The Labute approximate surface area is 90.2 Å². The van der Waals surface area contributed by atoms with Crippen LogP contribution in [0.15, 0.2) is 24.9 Å². The van der Waals surface area contributed by atoms with Crippen molar-refractivity contribution in [1.29, 1.82) is 0 Å². The zero-order chi connectivity index (χ0) is 11.7. The molecule has 0 aliphatic carbocycles. The molecule has 0 fully saturated rings. The second kappa shape index (κ2) is 7.55. The molecular weight excluding hydrogens is 192 g/mol. The number of hydrogen-bond donors (Lipinski definition) is 0. The Bertz CT molecular complexity index is 294. The summed E-state index contributed by atoms with van der Waals surface area (Å²) in [6.45, 7) is 4.03. The van der Waals surface area contributed by atoms with E-state index in [1.54, 1.807) is 6.08 Å². The molecule has 0 saturated carbocycles. The second-order valence-corrected chi connectivity index (χ2v) is 2.88. The Morgan fingerprint density at radius 1 is 1.47 bits per heavy atom. The van der Waals surface area contributed by atoms with Crippen LogP contribution in [0.2, 0.25) is 0 Å². The van der Waals surface area contributed by atoms with Crippen LogP contribution in [0.3, 0.4) is 0 Å². The number of carbonyl (C=O) groups is 1. The predicted octanol–water partition coefficient (Wildman–Crippen LogP) is 1.58. The lowest BCUT2D eigenvalue weighted by atomic mass is 10.3. The summed E-state index contributed by atoms with van der Waals surface area (Å²) in [6, 6.07) is 3.96. The van der Waals surface area contributed by atoms with Crippen molar-refractivity contribution in [3.05, 3.63) is 30.5 Å². The van der Waals surface area contributed by atoms with Crippen molar-refractivity contribution in [2.45, 2.75) is 0 Å². The van der Waals surface area contributed by atoms with Gasteiger partial charge in [-0.1, -0.05) is 12.7 Å². The van der Waals surface area contributed by atoms with Gasteiger partial charge in [0.15, 0.2) is 0 Å². The van der Waals surface area contributed by atoms with Gasteiger partial charge in [-0.05, 0) is 17.7 Å². The number of nitrogens with zero attached hydrogens (tertiary/aromatic N) is 2. The fourth-order valence-corrected chi connectivity index (χ4v) is 0.783. The van der Waals surface area contributed by atoms with Crippen LogP contribution in [0, 0.1) is 0 Å². The molecule has 0 atom stereocenters. The van der Waals surface area contributed by atoms with E-state index in [-0.39, 0.29) is 0 Å². The lowest BCUT2D eigenvalue weighted by molar-refractivity contribution is -0.126. The van der Waals surface area contributed by atoms with Crippen molar-refractivity contribution in [1.82, 2.24) is 4.98 Å². The Hall–Kier alpha value is -1.84. The fourth-order valence-electron chi connectivity index (χ4n) is 0.783. The maximum absolute atomic E-state index is 8.95. The summed E-state index contributed by atoms with van der Waals surface area (Å²) in [5, 5.41) is 0. The van der Waals surface area contributed by atoms with Crippen molar-refractivity contribution >= 4 is 18.4 Å². The van der Waals surface area contributed by atoms with Gasteiger partial charge in [0.25, 0.3) is 6.47 Å². The molecule has 15 heavy (non-hydrogen) atoms.